The molecule has 0 bridgehead atoms. The van der Waals surface area contributed by atoms with E-state index in [9.17, 15) is 14.7 Å². The first-order chi connectivity index (χ1) is 16.1. The number of carbonyl (C=O) groups is 2. The lowest BCUT2D eigenvalue weighted by Crippen LogP contribution is -2.38. The van der Waals surface area contributed by atoms with Gasteiger partial charge in [-0.15, -0.1) is 0 Å². The summed E-state index contributed by atoms with van der Waals surface area (Å²) >= 11 is 0. The Labute approximate surface area is 203 Å². The fraction of sp³-hybridized carbons (Fsp3) is 0.500. The van der Waals surface area contributed by atoms with Crippen LogP contribution in [0.2, 0.25) is 0 Å². The minimum atomic E-state index is -0.969. The third-order valence-corrected chi connectivity index (χ3v) is 5.93. The molecule has 2 atom stereocenters. The summed E-state index contributed by atoms with van der Waals surface area (Å²) in [6.07, 6.45) is 0.886. The molecule has 34 heavy (non-hydrogen) atoms. The van der Waals surface area contributed by atoms with Crippen LogP contribution in [0.5, 0.6) is 0 Å². The van der Waals surface area contributed by atoms with Gasteiger partial charge in [-0.25, -0.2) is 0 Å². The van der Waals surface area contributed by atoms with Gasteiger partial charge in [-0.2, -0.15) is 0 Å². The Bertz CT molecular complexity index is 924. The SMILES string of the molecule is CCOC(=O)C(C)Cc1cccc(C(C)(CCOC(C)(C)CO)C(=O)OCc2ccccc2)c1. The fourth-order valence-electron chi connectivity index (χ4n) is 3.59. The molecule has 0 aliphatic rings. The molecule has 2 aromatic carbocycles. The molecule has 2 aromatic rings. The summed E-state index contributed by atoms with van der Waals surface area (Å²) in [6.45, 7) is 9.75. The highest BCUT2D eigenvalue weighted by Crippen LogP contribution is 2.32. The van der Waals surface area contributed by atoms with E-state index in [0.29, 0.717) is 19.4 Å². The lowest BCUT2D eigenvalue weighted by Gasteiger charge is -2.31. The Hall–Kier alpha value is -2.70. The summed E-state index contributed by atoms with van der Waals surface area (Å²) in [5.74, 6) is -0.880. The van der Waals surface area contributed by atoms with Crippen molar-refractivity contribution in [2.75, 3.05) is 19.8 Å². The molecule has 0 fully saturated rings. The first-order valence-corrected chi connectivity index (χ1v) is 11.8. The van der Waals surface area contributed by atoms with Crippen molar-refractivity contribution in [3.05, 3.63) is 71.3 Å². The summed E-state index contributed by atoms with van der Waals surface area (Å²) in [7, 11) is 0. The quantitative estimate of drug-likeness (QED) is 0.431. The van der Waals surface area contributed by atoms with Crippen molar-refractivity contribution in [2.24, 2.45) is 5.92 Å². The maximum atomic E-state index is 13.4. The first-order valence-electron chi connectivity index (χ1n) is 11.8. The van der Waals surface area contributed by atoms with E-state index in [2.05, 4.69) is 0 Å². The van der Waals surface area contributed by atoms with Crippen molar-refractivity contribution in [2.45, 2.75) is 65.1 Å². The number of ether oxygens (including phenoxy) is 3. The summed E-state index contributed by atoms with van der Waals surface area (Å²) in [4.78, 5) is 25.5. The minimum absolute atomic E-state index is 0.122. The van der Waals surface area contributed by atoms with E-state index in [1.165, 1.54) is 0 Å². The van der Waals surface area contributed by atoms with Gasteiger partial charge in [-0.3, -0.25) is 9.59 Å². The standard InChI is InChI=1S/C28H38O6/c1-6-32-25(30)21(2)17-23-13-10-14-24(18-23)28(5,15-16-34-27(3,4)20-29)26(31)33-19-22-11-8-7-9-12-22/h7-14,18,21,29H,6,15-17,19-20H2,1-5H3. The van der Waals surface area contributed by atoms with Crippen LogP contribution in [0.25, 0.3) is 0 Å². The second kappa shape index (κ2) is 12.7. The van der Waals surface area contributed by atoms with E-state index in [1.807, 2.05) is 68.4 Å². The molecule has 0 saturated carbocycles. The largest absolute Gasteiger partial charge is 0.466 e. The third kappa shape index (κ3) is 7.96. The van der Waals surface area contributed by atoms with Crippen molar-refractivity contribution >= 4 is 11.9 Å². The van der Waals surface area contributed by atoms with Crippen LogP contribution in [0.3, 0.4) is 0 Å². The molecule has 2 rings (SSSR count). The van der Waals surface area contributed by atoms with Gasteiger partial charge in [0, 0.05) is 6.61 Å². The third-order valence-electron chi connectivity index (χ3n) is 5.93. The molecule has 1 N–H and O–H groups in total. The first kappa shape index (κ1) is 27.5. The number of rotatable bonds is 13. The Kier molecular flexibility index (Phi) is 10.3. The molecule has 0 amide bonds. The van der Waals surface area contributed by atoms with Gasteiger partial charge in [0.1, 0.15) is 6.61 Å². The average molecular weight is 471 g/mol. The zero-order valence-corrected chi connectivity index (χ0v) is 21.0. The van der Waals surface area contributed by atoms with Gasteiger partial charge in [0.15, 0.2) is 0 Å². The van der Waals surface area contributed by atoms with Crippen LogP contribution < -0.4 is 0 Å². The number of benzene rings is 2. The van der Waals surface area contributed by atoms with Crippen molar-refractivity contribution in [1.29, 1.82) is 0 Å². The Balaban J connectivity index is 2.25. The molecule has 2 unspecified atom stereocenters. The molecule has 6 nitrogen and oxygen atoms in total. The summed E-state index contributed by atoms with van der Waals surface area (Å²) in [5.41, 5.74) is 0.976. The predicted molar refractivity (Wildman–Crippen MR) is 131 cm³/mol. The summed E-state index contributed by atoms with van der Waals surface area (Å²) < 4.78 is 16.7. The van der Waals surface area contributed by atoms with E-state index in [-0.39, 0.29) is 37.7 Å². The highest BCUT2D eigenvalue weighted by Gasteiger charge is 2.37. The van der Waals surface area contributed by atoms with Gasteiger partial charge in [0.2, 0.25) is 0 Å². The lowest BCUT2D eigenvalue weighted by atomic mass is 9.78. The fourth-order valence-corrected chi connectivity index (χ4v) is 3.59. The highest BCUT2D eigenvalue weighted by atomic mass is 16.5. The second-order valence-electron chi connectivity index (χ2n) is 9.47. The van der Waals surface area contributed by atoms with Gasteiger partial charge in [0.25, 0.3) is 0 Å². The molecular weight excluding hydrogens is 432 g/mol. The molecule has 0 aliphatic carbocycles. The smallest absolute Gasteiger partial charge is 0.316 e. The molecule has 186 valence electrons. The van der Waals surface area contributed by atoms with Gasteiger partial charge >= 0.3 is 11.9 Å². The topological polar surface area (TPSA) is 82.1 Å². The molecule has 6 heteroatoms. The number of aliphatic hydroxyl groups excluding tert-OH is 1. The van der Waals surface area contributed by atoms with Crippen LogP contribution in [-0.4, -0.2) is 42.5 Å². The lowest BCUT2D eigenvalue weighted by molar-refractivity contribution is -0.153. The van der Waals surface area contributed by atoms with Crippen LogP contribution in [-0.2, 0) is 42.2 Å². The molecule has 0 aromatic heterocycles. The normalized spacial score (nSPS) is 14.2. The Morgan fingerprint density at radius 3 is 2.29 bits per heavy atom. The predicted octanol–water partition coefficient (Wildman–Crippen LogP) is 4.61. The minimum Gasteiger partial charge on any atom is -0.466 e. The Morgan fingerprint density at radius 1 is 0.971 bits per heavy atom. The molecule has 0 radical (unpaired) electrons. The van der Waals surface area contributed by atoms with Crippen molar-refractivity contribution in [3.63, 3.8) is 0 Å². The van der Waals surface area contributed by atoms with Crippen LogP contribution in [0.15, 0.2) is 54.6 Å². The number of aliphatic hydroxyl groups is 1. The number of hydrogen-bond donors (Lipinski definition) is 1. The second-order valence-corrected chi connectivity index (χ2v) is 9.47. The van der Waals surface area contributed by atoms with E-state index < -0.39 is 11.0 Å². The van der Waals surface area contributed by atoms with Gasteiger partial charge in [0.05, 0.1) is 30.1 Å². The molecule has 0 heterocycles. The Morgan fingerprint density at radius 2 is 1.65 bits per heavy atom. The van der Waals surface area contributed by atoms with E-state index in [0.717, 1.165) is 16.7 Å². The molecule has 0 saturated heterocycles. The zero-order chi connectivity index (χ0) is 25.2. The number of carbonyl (C=O) groups excluding carboxylic acids is 2. The van der Waals surface area contributed by atoms with Gasteiger partial charge in [-0.1, -0.05) is 61.5 Å². The van der Waals surface area contributed by atoms with Gasteiger partial charge in [-0.05, 0) is 57.2 Å². The maximum absolute atomic E-state index is 13.4. The molecular formula is C28H38O6. The van der Waals surface area contributed by atoms with Crippen molar-refractivity contribution < 1.29 is 28.9 Å². The zero-order valence-electron chi connectivity index (χ0n) is 21.0. The van der Waals surface area contributed by atoms with E-state index in [1.54, 1.807) is 20.8 Å². The van der Waals surface area contributed by atoms with E-state index in [4.69, 9.17) is 14.2 Å². The van der Waals surface area contributed by atoms with Crippen LogP contribution in [0.1, 0.15) is 57.7 Å². The molecule has 0 aliphatic heterocycles. The summed E-state index contributed by atoms with van der Waals surface area (Å²) in [6, 6.07) is 17.2. The van der Waals surface area contributed by atoms with Crippen molar-refractivity contribution in [1.82, 2.24) is 0 Å². The monoisotopic (exact) mass is 470 g/mol. The number of esters is 2. The number of hydrogen-bond acceptors (Lipinski definition) is 6. The van der Waals surface area contributed by atoms with Crippen LogP contribution >= 0.6 is 0 Å². The van der Waals surface area contributed by atoms with Crippen LogP contribution in [0.4, 0.5) is 0 Å². The average Bonchev–Trinajstić information content (AvgIpc) is 2.83. The van der Waals surface area contributed by atoms with Gasteiger partial charge < -0.3 is 19.3 Å². The van der Waals surface area contributed by atoms with Crippen LogP contribution in [0, 0.1) is 5.92 Å². The van der Waals surface area contributed by atoms with E-state index >= 15 is 0 Å². The molecule has 0 spiro atoms. The van der Waals surface area contributed by atoms with Crippen molar-refractivity contribution in [3.8, 4) is 0 Å². The summed E-state index contributed by atoms with van der Waals surface area (Å²) in [5, 5.41) is 9.51. The maximum Gasteiger partial charge on any atom is 0.316 e. The highest BCUT2D eigenvalue weighted by molar-refractivity contribution is 5.83.